The van der Waals surface area contributed by atoms with Gasteiger partial charge in [0.15, 0.2) is 0 Å². The summed E-state index contributed by atoms with van der Waals surface area (Å²) < 4.78 is 13.1. The summed E-state index contributed by atoms with van der Waals surface area (Å²) >= 11 is 0. The number of nitrogens with zero attached hydrogens (tertiary/aromatic N) is 3. The highest BCUT2D eigenvalue weighted by Gasteiger charge is 2.15. The summed E-state index contributed by atoms with van der Waals surface area (Å²) in [5, 5.41) is 2.87. The zero-order valence-corrected chi connectivity index (χ0v) is 16.9. The normalized spacial score (nSPS) is 14.5. The van der Waals surface area contributed by atoms with Crippen LogP contribution in [0.1, 0.15) is 13.3 Å². The highest BCUT2D eigenvalue weighted by Crippen LogP contribution is 2.20. The summed E-state index contributed by atoms with van der Waals surface area (Å²) in [5.74, 6) is -0.735. The van der Waals surface area contributed by atoms with Gasteiger partial charge in [-0.15, -0.1) is 0 Å². The first-order valence-electron chi connectivity index (χ1n) is 9.79. The predicted octanol–water partition coefficient (Wildman–Crippen LogP) is 2.96. The molecule has 154 valence electrons. The van der Waals surface area contributed by atoms with Crippen molar-refractivity contribution >= 4 is 28.9 Å². The number of rotatable bonds is 6. The Morgan fingerprint density at radius 1 is 1.00 bits per heavy atom. The zero-order valence-electron chi connectivity index (χ0n) is 16.9. The molecule has 2 aromatic carbocycles. The standard InChI is InChI=1S/C22H27FN4O2/c1-17(28)27(21-7-3-18(23)4-8-21)12-11-22(29)24-19-5-9-20(10-6-19)26-15-13-25(2)14-16-26/h3-10H,11-16H2,1-2H3,(H,24,29). The van der Waals surface area contributed by atoms with E-state index < -0.39 is 0 Å². The summed E-state index contributed by atoms with van der Waals surface area (Å²) in [4.78, 5) is 30.3. The number of carbonyl (C=O) groups is 2. The molecule has 1 N–H and O–H groups in total. The van der Waals surface area contributed by atoms with Gasteiger partial charge in [-0.05, 0) is 55.6 Å². The molecule has 3 rings (SSSR count). The molecule has 0 aliphatic carbocycles. The van der Waals surface area contributed by atoms with Crippen molar-refractivity contribution in [2.75, 3.05) is 54.9 Å². The van der Waals surface area contributed by atoms with Gasteiger partial charge in [-0.2, -0.15) is 0 Å². The highest BCUT2D eigenvalue weighted by atomic mass is 19.1. The van der Waals surface area contributed by atoms with Gasteiger partial charge in [-0.3, -0.25) is 9.59 Å². The fourth-order valence-electron chi connectivity index (χ4n) is 3.35. The molecular formula is C22H27FN4O2. The van der Waals surface area contributed by atoms with Crippen LogP contribution in [0.4, 0.5) is 21.5 Å². The molecule has 29 heavy (non-hydrogen) atoms. The number of carbonyl (C=O) groups excluding carboxylic acids is 2. The molecule has 0 saturated carbocycles. The van der Waals surface area contributed by atoms with Gasteiger partial charge in [0.1, 0.15) is 5.82 Å². The SMILES string of the molecule is CC(=O)N(CCC(=O)Nc1ccc(N2CCN(C)CC2)cc1)c1ccc(F)cc1. The number of hydrogen-bond donors (Lipinski definition) is 1. The highest BCUT2D eigenvalue weighted by molar-refractivity contribution is 5.94. The van der Waals surface area contributed by atoms with E-state index in [1.807, 2.05) is 24.3 Å². The van der Waals surface area contributed by atoms with E-state index in [9.17, 15) is 14.0 Å². The summed E-state index contributed by atoms with van der Waals surface area (Å²) in [6.07, 6.45) is 0.150. The van der Waals surface area contributed by atoms with Crippen LogP contribution < -0.4 is 15.1 Å². The quantitative estimate of drug-likeness (QED) is 0.813. The van der Waals surface area contributed by atoms with Crippen LogP contribution in [0.25, 0.3) is 0 Å². The molecule has 0 spiro atoms. The Bertz CT molecular complexity index is 831. The van der Waals surface area contributed by atoms with Gasteiger partial charge in [-0.1, -0.05) is 0 Å². The number of halogens is 1. The van der Waals surface area contributed by atoms with Crippen molar-refractivity contribution in [2.45, 2.75) is 13.3 Å². The van der Waals surface area contributed by atoms with Gasteiger partial charge in [0.2, 0.25) is 11.8 Å². The maximum atomic E-state index is 13.1. The zero-order chi connectivity index (χ0) is 20.8. The second-order valence-electron chi connectivity index (χ2n) is 7.28. The Balaban J connectivity index is 1.53. The number of hydrogen-bond acceptors (Lipinski definition) is 4. The van der Waals surface area contributed by atoms with Crippen molar-refractivity contribution in [1.29, 1.82) is 0 Å². The minimum Gasteiger partial charge on any atom is -0.369 e. The maximum Gasteiger partial charge on any atom is 0.226 e. The van der Waals surface area contributed by atoms with E-state index >= 15 is 0 Å². The number of amides is 2. The van der Waals surface area contributed by atoms with E-state index in [0.29, 0.717) is 5.69 Å². The fourth-order valence-corrected chi connectivity index (χ4v) is 3.35. The molecule has 6 nitrogen and oxygen atoms in total. The average Bonchev–Trinajstić information content (AvgIpc) is 2.70. The molecule has 2 aromatic rings. The van der Waals surface area contributed by atoms with Crippen molar-refractivity contribution in [3.8, 4) is 0 Å². The number of benzene rings is 2. The monoisotopic (exact) mass is 398 g/mol. The maximum absolute atomic E-state index is 13.1. The van der Waals surface area contributed by atoms with Crippen LogP contribution in [-0.4, -0.2) is 56.5 Å². The molecule has 1 aliphatic rings. The van der Waals surface area contributed by atoms with Crippen molar-refractivity contribution in [1.82, 2.24) is 4.90 Å². The Morgan fingerprint density at radius 3 is 2.21 bits per heavy atom. The first kappa shape index (κ1) is 20.8. The van der Waals surface area contributed by atoms with Crippen LogP contribution in [-0.2, 0) is 9.59 Å². The number of piperazine rings is 1. The lowest BCUT2D eigenvalue weighted by Crippen LogP contribution is -2.44. The average molecular weight is 398 g/mol. The van der Waals surface area contributed by atoms with Crippen LogP contribution in [0.15, 0.2) is 48.5 Å². The molecule has 1 fully saturated rings. The van der Waals surface area contributed by atoms with Crippen LogP contribution in [0, 0.1) is 5.82 Å². The summed E-state index contributed by atoms with van der Waals surface area (Å²) in [7, 11) is 2.12. The molecule has 0 aromatic heterocycles. The lowest BCUT2D eigenvalue weighted by atomic mass is 10.2. The van der Waals surface area contributed by atoms with Crippen molar-refractivity contribution in [2.24, 2.45) is 0 Å². The second-order valence-corrected chi connectivity index (χ2v) is 7.28. The number of anilines is 3. The number of likely N-dealkylation sites (N-methyl/N-ethyl adjacent to an activating group) is 1. The Kier molecular flexibility index (Phi) is 6.82. The Hall–Kier alpha value is -2.93. The molecule has 1 aliphatic heterocycles. The van der Waals surface area contributed by atoms with Crippen molar-refractivity contribution < 1.29 is 14.0 Å². The summed E-state index contributed by atoms with van der Waals surface area (Å²) in [5.41, 5.74) is 2.45. The summed E-state index contributed by atoms with van der Waals surface area (Å²) in [6, 6.07) is 13.5. The lowest BCUT2D eigenvalue weighted by molar-refractivity contribution is -0.117. The molecule has 0 bridgehead atoms. The molecule has 7 heteroatoms. The van der Waals surface area contributed by atoms with E-state index in [4.69, 9.17) is 0 Å². The van der Waals surface area contributed by atoms with Crippen LogP contribution in [0.2, 0.25) is 0 Å². The van der Waals surface area contributed by atoms with Crippen molar-refractivity contribution in [3.05, 3.63) is 54.3 Å². The molecular weight excluding hydrogens is 371 g/mol. The van der Waals surface area contributed by atoms with E-state index in [1.165, 1.54) is 36.1 Å². The third-order valence-corrected chi connectivity index (χ3v) is 5.10. The molecule has 1 heterocycles. The largest absolute Gasteiger partial charge is 0.369 e. The van der Waals surface area contributed by atoms with Crippen molar-refractivity contribution in [3.63, 3.8) is 0 Å². The summed E-state index contributed by atoms with van der Waals surface area (Å²) in [6.45, 7) is 5.72. The third kappa shape index (κ3) is 5.77. The first-order chi connectivity index (χ1) is 13.9. The number of nitrogens with one attached hydrogen (secondary N) is 1. The fraction of sp³-hybridized carbons (Fsp3) is 0.364. The van der Waals surface area contributed by atoms with Gasteiger partial charge in [0.05, 0.1) is 0 Å². The van der Waals surface area contributed by atoms with Crippen LogP contribution >= 0.6 is 0 Å². The Labute approximate surface area is 170 Å². The lowest BCUT2D eigenvalue weighted by Gasteiger charge is -2.34. The van der Waals surface area contributed by atoms with Gasteiger partial charge < -0.3 is 20.0 Å². The van der Waals surface area contributed by atoms with E-state index in [-0.39, 0.29) is 30.6 Å². The third-order valence-electron chi connectivity index (χ3n) is 5.10. The first-order valence-corrected chi connectivity index (χ1v) is 9.79. The predicted molar refractivity (Wildman–Crippen MR) is 114 cm³/mol. The van der Waals surface area contributed by atoms with Gasteiger partial charge in [0.25, 0.3) is 0 Å². The van der Waals surface area contributed by atoms with Crippen LogP contribution in [0.3, 0.4) is 0 Å². The second kappa shape index (κ2) is 9.52. The van der Waals surface area contributed by atoms with Gasteiger partial charge in [0, 0.05) is 63.1 Å². The van der Waals surface area contributed by atoms with Crippen LogP contribution in [0.5, 0.6) is 0 Å². The molecule has 0 atom stereocenters. The van der Waals surface area contributed by atoms with Gasteiger partial charge in [-0.25, -0.2) is 4.39 Å². The molecule has 0 radical (unpaired) electrons. The smallest absolute Gasteiger partial charge is 0.226 e. The van der Waals surface area contributed by atoms with Gasteiger partial charge >= 0.3 is 0 Å². The Morgan fingerprint density at radius 2 is 1.62 bits per heavy atom. The van der Waals surface area contributed by atoms with E-state index in [0.717, 1.165) is 37.6 Å². The van der Waals surface area contributed by atoms with E-state index in [2.05, 4.69) is 22.2 Å². The topological polar surface area (TPSA) is 55.9 Å². The van der Waals surface area contributed by atoms with E-state index in [1.54, 1.807) is 0 Å². The minimum atomic E-state index is -0.366. The molecule has 1 saturated heterocycles. The minimum absolute atomic E-state index is 0.150. The molecule has 2 amide bonds. The molecule has 0 unspecified atom stereocenters.